The van der Waals surface area contributed by atoms with Gasteiger partial charge in [-0.3, -0.25) is 4.79 Å². The van der Waals surface area contributed by atoms with Crippen LogP contribution in [0, 0.1) is 6.92 Å². The molecular formula is C31H37N3O3. The van der Waals surface area contributed by atoms with Crippen LogP contribution in [0.15, 0.2) is 66.7 Å². The number of carbonyl (C=O) groups is 1. The summed E-state index contributed by atoms with van der Waals surface area (Å²) in [5.41, 5.74) is 5.01. The van der Waals surface area contributed by atoms with E-state index in [4.69, 9.17) is 14.5 Å². The van der Waals surface area contributed by atoms with E-state index in [1.54, 1.807) is 19.2 Å². The third-order valence-corrected chi connectivity index (χ3v) is 6.58. The number of fused-ring (bicyclic) bond motifs is 1. The van der Waals surface area contributed by atoms with Gasteiger partial charge in [0.2, 0.25) is 0 Å². The molecule has 37 heavy (non-hydrogen) atoms. The first kappa shape index (κ1) is 26.3. The second-order valence-electron chi connectivity index (χ2n) is 9.79. The first-order valence-corrected chi connectivity index (χ1v) is 13.0. The lowest BCUT2D eigenvalue weighted by Gasteiger charge is -2.17. The van der Waals surface area contributed by atoms with Gasteiger partial charge >= 0.3 is 0 Å². The molecule has 0 bridgehead atoms. The predicted octanol–water partition coefficient (Wildman–Crippen LogP) is 6.83. The highest BCUT2D eigenvalue weighted by atomic mass is 16.5. The second-order valence-corrected chi connectivity index (χ2v) is 9.79. The molecule has 1 unspecified atom stereocenters. The number of carbonyl (C=O) groups excluding carboxylic acids is 1. The standard InChI is InChI=1S/C31H37N3O3/c1-21(2)26-16-15-22(3)19-29(26)37-18-9-8-17-34-28-14-7-6-13-27(28)33-30(34)23(4)32-31(35)24-11-10-12-25(20-24)36-5/h6-7,10-16,19-21,23H,8-9,17-18H2,1-5H3,(H,32,35). The predicted molar refractivity (Wildman–Crippen MR) is 149 cm³/mol. The molecule has 4 rings (SSSR count). The monoisotopic (exact) mass is 499 g/mol. The lowest BCUT2D eigenvalue weighted by atomic mass is 10.0. The van der Waals surface area contributed by atoms with Crippen LogP contribution in [0.25, 0.3) is 11.0 Å². The number of benzene rings is 3. The Hall–Kier alpha value is -3.80. The fourth-order valence-electron chi connectivity index (χ4n) is 4.57. The van der Waals surface area contributed by atoms with Gasteiger partial charge in [0.15, 0.2) is 0 Å². The lowest BCUT2D eigenvalue weighted by Crippen LogP contribution is -2.28. The summed E-state index contributed by atoms with van der Waals surface area (Å²) in [7, 11) is 1.59. The number of rotatable bonds is 11. The highest BCUT2D eigenvalue weighted by Crippen LogP contribution is 2.28. The topological polar surface area (TPSA) is 65.4 Å². The van der Waals surface area contributed by atoms with Crippen LogP contribution >= 0.6 is 0 Å². The zero-order chi connectivity index (χ0) is 26.4. The summed E-state index contributed by atoms with van der Waals surface area (Å²) in [6.45, 7) is 9.91. The smallest absolute Gasteiger partial charge is 0.251 e. The zero-order valence-electron chi connectivity index (χ0n) is 22.5. The number of unbranched alkanes of at least 4 members (excludes halogenated alkanes) is 1. The van der Waals surface area contributed by atoms with Gasteiger partial charge in [-0.05, 0) is 80.1 Å². The van der Waals surface area contributed by atoms with Crippen molar-refractivity contribution in [3.63, 3.8) is 0 Å². The Balaban J connectivity index is 1.43. The first-order chi connectivity index (χ1) is 17.9. The van der Waals surface area contributed by atoms with Crippen LogP contribution in [0.5, 0.6) is 11.5 Å². The van der Waals surface area contributed by atoms with Gasteiger partial charge in [0.1, 0.15) is 17.3 Å². The maximum atomic E-state index is 12.9. The Labute approximate surface area is 219 Å². The van der Waals surface area contributed by atoms with Crippen LogP contribution in [0.1, 0.15) is 72.9 Å². The molecule has 1 heterocycles. The molecule has 0 saturated heterocycles. The highest BCUT2D eigenvalue weighted by molar-refractivity contribution is 5.94. The molecule has 1 N–H and O–H groups in total. The maximum Gasteiger partial charge on any atom is 0.251 e. The number of ether oxygens (including phenoxy) is 2. The summed E-state index contributed by atoms with van der Waals surface area (Å²) in [6, 6.07) is 21.5. The number of aromatic nitrogens is 2. The number of hydrogen-bond acceptors (Lipinski definition) is 4. The average Bonchev–Trinajstić information content (AvgIpc) is 3.27. The summed E-state index contributed by atoms with van der Waals surface area (Å²) < 4.78 is 13.7. The molecule has 0 spiro atoms. The molecule has 0 aliphatic heterocycles. The van der Waals surface area contributed by atoms with E-state index in [-0.39, 0.29) is 11.9 Å². The number of aryl methyl sites for hydroxylation is 2. The number of nitrogens with zero attached hydrogens (tertiary/aromatic N) is 2. The van der Waals surface area contributed by atoms with Crippen LogP contribution in [0.4, 0.5) is 0 Å². The van der Waals surface area contributed by atoms with Gasteiger partial charge in [-0.1, -0.05) is 44.2 Å². The Morgan fingerprint density at radius 1 is 1.00 bits per heavy atom. The van der Waals surface area contributed by atoms with Crippen molar-refractivity contribution >= 4 is 16.9 Å². The van der Waals surface area contributed by atoms with Crippen molar-refractivity contribution in [1.82, 2.24) is 14.9 Å². The molecule has 0 radical (unpaired) electrons. The third-order valence-electron chi connectivity index (χ3n) is 6.58. The van der Waals surface area contributed by atoms with E-state index in [0.717, 1.165) is 42.0 Å². The molecule has 1 aromatic heterocycles. The number of imidazole rings is 1. The minimum atomic E-state index is -0.261. The fraction of sp³-hybridized carbons (Fsp3) is 0.355. The van der Waals surface area contributed by atoms with E-state index in [1.165, 1.54) is 11.1 Å². The Morgan fingerprint density at radius 3 is 2.59 bits per heavy atom. The van der Waals surface area contributed by atoms with E-state index in [2.05, 4.69) is 54.9 Å². The van der Waals surface area contributed by atoms with E-state index >= 15 is 0 Å². The highest BCUT2D eigenvalue weighted by Gasteiger charge is 2.19. The third kappa shape index (κ3) is 6.31. The van der Waals surface area contributed by atoms with E-state index < -0.39 is 0 Å². The molecule has 3 aromatic carbocycles. The minimum absolute atomic E-state index is 0.155. The van der Waals surface area contributed by atoms with Gasteiger partial charge in [-0.15, -0.1) is 0 Å². The maximum absolute atomic E-state index is 12.9. The van der Waals surface area contributed by atoms with Gasteiger partial charge in [0.25, 0.3) is 5.91 Å². The Bertz CT molecular complexity index is 1360. The quantitative estimate of drug-likeness (QED) is 0.230. The SMILES string of the molecule is COc1cccc(C(=O)NC(C)c2nc3ccccc3n2CCCCOc2cc(C)ccc2C(C)C)c1. The molecule has 0 saturated carbocycles. The Kier molecular flexibility index (Phi) is 8.49. The molecule has 1 atom stereocenters. The molecule has 6 heteroatoms. The van der Waals surface area contributed by atoms with Crippen LogP contribution in [-0.2, 0) is 6.54 Å². The number of nitrogens with one attached hydrogen (secondary N) is 1. The first-order valence-electron chi connectivity index (χ1n) is 13.0. The summed E-state index contributed by atoms with van der Waals surface area (Å²) in [4.78, 5) is 17.8. The lowest BCUT2D eigenvalue weighted by molar-refractivity contribution is 0.0937. The van der Waals surface area contributed by atoms with Crippen LogP contribution in [0.3, 0.4) is 0 Å². The molecule has 6 nitrogen and oxygen atoms in total. The fourth-order valence-corrected chi connectivity index (χ4v) is 4.57. The van der Waals surface area contributed by atoms with Crippen molar-refractivity contribution < 1.29 is 14.3 Å². The molecule has 194 valence electrons. The largest absolute Gasteiger partial charge is 0.497 e. The van der Waals surface area contributed by atoms with Gasteiger partial charge in [-0.25, -0.2) is 4.98 Å². The van der Waals surface area contributed by atoms with Crippen molar-refractivity contribution in [3.8, 4) is 11.5 Å². The molecule has 0 fully saturated rings. The van der Waals surface area contributed by atoms with Crippen molar-refractivity contribution in [2.75, 3.05) is 13.7 Å². The number of amides is 1. The summed E-state index contributed by atoms with van der Waals surface area (Å²) in [6.07, 6.45) is 1.86. The van der Waals surface area contributed by atoms with Crippen molar-refractivity contribution in [2.45, 2.75) is 59.0 Å². The summed E-state index contributed by atoms with van der Waals surface area (Å²) in [5, 5.41) is 3.11. The van der Waals surface area contributed by atoms with Gasteiger partial charge < -0.3 is 19.4 Å². The minimum Gasteiger partial charge on any atom is -0.497 e. The van der Waals surface area contributed by atoms with E-state index in [9.17, 15) is 4.79 Å². The normalized spacial score (nSPS) is 12.1. The number of para-hydroxylation sites is 2. The molecular weight excluding hydrogens is 462 g/mol. The van der Waals surface area contributed by atoms with E-state index in [0.29, 0.717) is 23.8 Å². The average molecular weight is 500 g/mol. The van der Waals surface area contributed by atoms with Crippen LogP contribution in [0.2, 0.25) is 0 Å². The Morgan fingerprint density at radius 2 is 1.81 bits per heavy atom. The van der Waals surface area contributed by atoms with Crippen LogP contribution in [-0.4, -0.2) is 29.2 Å². The zero-order valence-corrected chi connectivity index (χ0v) is 22.5. The summed E-state index contributed by atoms with van der Waals surface area (Å²) >= 11 is 0. The summed E-state index contributed by atoms with van der Waals surface area (Å²) in [5.74, 6) is 2.75. The van der Waals surface area contributed by atoms with E-state index in [1.807, 2.05) is 37.3 Å². The van der Waals surface area contributed by atoms with Crippen molar-refractivity contribution in [1.29, 1.82) is 0 Å². The second kappa shape index (κ2) is 12.0. The van der Waals surface area contributed by atoms with Crippen LogP contribution < -0.4 is 14.8 Å². The van der Waals surface area contributed by atoms with Gasteiger partial charge in [0.05, 0.1) is 30.8 Å². The van der Waals surface area contributed by atoms with Crippen molar-refractivity contribution in [2.24, 2.45) is 0 Å². The molecule has 0 aliphatic rings. The molecule has 1 amide bonds. The van der Waals surface area contributed by atoms with Gasteiger partial charge in [-0.2, -0.15) is 0 Å². The molecule has 4 aromatic rings. The van der Waals surface area contributed by atoms with Gasteiger partial charge in [0, 0.05) is 12.1 Å². The molecule has 0 aliphatic carbocycles. The van der Waals surface area contributed by atoms with Crippen molar-refractivity contribution in [3.05, 3.63) is 89.2 Å². The number of methoxy groups -OCH3 is 1. The number of hydrogen-bond donors (Lipinski definition) is 1.